The number of alkyl halides is 3. The van der Waals surface area contributed by atoms with E-state index < -0.39 is 16.7 Å². The predicted octanol–water partition coefficient (Wildman–Crippen LogP) is 5.17. The summed E-state index contributed by atoms with van der Waals surface area (Å²) in [6.07, 6.45) is -3.93. The SMILES string of the molecule is O=Cc1cc(CN2CCN(c3ccc(-c4nc(-c5cccc(C(F)(F)F)c5)no4)cc3[N+](=O)[O-])CC2)ccc1O. The number of carbonyl (C=O) groups excluding carboxylic acids is 1. The zero-order valence-corrected chi connectivity index (χ0v) is 20.8. The Labute approximate surface area is 225 Å². The fourth-order valence-corrected chi connectivity index (χ4v) is 4.56. The molecule has 10 nitrogen and oxygen atoms in total. The third kappa shape index (κ3) is 5.64. The van der Waals surface area contributed by atoms with Crippen molar-refractivity contribution in [2.45, 2.75) is 12.7 Å². The third-order valence-electron chi connectivity index (χ3n) is 6.63. The lowest BCUT2D eigenvalue weighted by atomic mass is 10.1. The average Bonchev–Trinajstić information content (AvgIpc) is 3.44. The second-order valence-electron chi connectivity index (χ2n) is 9.24. The van der Waals surface area contributed by atoms with Crippen LogP contribution in [0.15, 0.2) is 65.2 Å². The summed E-state index contributed by atoms with van der Waals surface area (Å²) >= 11 is 0. The minimum Gasteiger partial charge on any atom is -0.507 e. The van der Waals surface area contributed by atoms with Crippen LogP contribution in [0.25, 0.3) is 22.8 Å². The number of anilines is 1. The molecule has 1 aromatic heterocycles. The molecule has 206 valence electrons. The van der Waals surface area contributed by atoms with E-state index in [2.05, 4.69) is 15.0 Å². The Morgan fingerprint density at radius 2 is 1.80 bits per heavy atom. The number of nitro groups is 1. The Kier molecular flexibility index (Phi) is 7.22. The maximum atomic E-state index is 13.1. The summed E-state index contributed by atoms with van der Waals surface area (Å²) in [7, 11) is 0. The molecule has 3 aromatic carbocycles. The van der Waals surface area contributed by atoms with Crippen LogP contribution in [-0.4, -0.2) is 57.5 Å². The molecule has 1 aliphatic heterocycles. The van der Waals surface area contributed by atoms with Gasteiger partial charge in [-0.1, -0.05) is 23.4 Å². The number of hydrogen-bond acceptors (Lipinski definition) is 9. The first kappa shape index (κ1) is 26.8. The summed E-state index contributed by atoms with van der Waals surface area (Å²) in [5.74, 6) is -0.208. The number of benzene rings is 3. The molecule has 0 spiro atoms. The van der Waals surface area contributed by atoms with Crippen molar-refractivity contribution >= 4 is 17.7 Å². The summed E-state index contributed by atoms with van der Waals surface area (Å²) in [4.78, 5) is 30.7. The number of phenols is 1. The van der Waals surface area contributed by atoms with Crippen LogP contribution in [0.2, 0.25) is 0 Å². The molecular weight excluding hydrogens is 531 g/mol. The van der Waals surface area contributed by atoms with Crippen molar-refractivity contribution in [3.63, 3.8) is 0 Å². The Morgan fingerprint density at radius 3 is 2.50 bits per heavy atom. The van der Waals surface area contributed by atoms with Crippen molar-refractivity contribution in [1.82, 2.24) is 15.0 Å². The van der Waals surface area contributed by atoms with E-state index in [1.165, 1.54) is 24.3 Å². The van der Waals surface area contributed by atoms with Gasteiger partial charge in [-0.05, 0) is 42.0 Å². The molecule has 1 aliphatic rings. The van der Waals surface area contributed by atoms with Gasteiger partial charge in [0.25, 0.3) is 11.6 Å². The first-order valence-corrected chi connectivity index (χ1v) is 12.2. The van der Waals surface area contributed by atoms with E-state index in [-0.39, 0.29) is 39.8 Å². The van der Waals surface area contributed by atoms with Crippen LogP contribution in [0.5, 0.6) is 5.75 Å². The van der Waals surface area contributed by atoms with E-state index in [0.717, 1.165) is 17.7 Å². The first-order chi connectivity index (χ1) is 19.1. The number of piperazine rings is 1. The minimum absolute atomic E-state index is 0.0597. The molecule has 0 amide bonds. The van der Waals surface area contributed by atoms with E-state index in [1.54, 1.807) is 24.3 Å². The summed E-state index contributed by atoms with van der Waals surface area (Å²) < 4.78 is 44.4. The molecule has 1 N–H and O–H groups in total. The zero-order valence-electron chi connectivity index (χ0n) is 20.8. The molecule has 13 heteroatoms. The Morgan fingerprint density at radius 1 is 1.02 bits per heavy atom. The fourth-order valence-electron chi connectivity index (χ4n) is 4.56. The van der Waals surface area contributed by atoms with Crippen LogP contribution >= 0.6 is 0 Å². The van der Waals surface area contributed by atoms with Crippen LogP contribution in [0.3, 0.4) is 0 Å². The number of carbonyl (C=O) groups is 1. The monoisotopic (exact) mass is 553 g/mol. The average molecular weight is 553 g/mol. The number of aromatic hydroxyl groups is 1. The second kappa shape index (κ2) is 10.8. The number of hydrogen-bond donors (Lipinski definition) is 1. The number of nitrogens with zero attached hydrogens (tertiary/aromatic N) is 5. The van der Waals surface area contributed by atoms with Gasteiger partial charge in [0.05, 0.1) is 16.1 Å². The highest BCUT2D eigenvalue weighted by Gasteiger charge is 2.31. The van der Waals surface area contributed by atoms with Gasteiger partial charge in [-0.2, -0.15) is 18.2 Å². The predicted molar refractivity (Wildman–Crippen MR) is 138 cm³/mol. The Balaban J connectivity index is 1.31. The molecule has 0 atom stereocenters. The normalized spacial score (nSPS) is 14.3. The lowest BCUT2D eigenvalue weighted by Crippen LogP contribution is -2.46. The molecule has 0 unspecified atom stereocenters. The molecule has 4 aromatic rings. The van der Waals surface area contributed by atoms with Crippen LogP contribution in [0.1, 0.15) is 21.5 Å². The summed E-state index contributed by atoms with van der Waals surface area (Å²) in [5, 5.41) is 25.4. The highest BCUT2D eigenvalue weighted by Crippen LogP contribution is 2.35. The van der Waals surface area contributed by atoms with Gasteiger partial charge in [-0.15, -0.1) is 0 Å². The number of phenolic OH excluding ortho intramolecular Hbond substituents is 1. The van der Waals surface area contributed by atoms with Crippen molar-refractivity contribution in [1.29, 1.82) is 0 Å². The van der Waals surface area contributed by atoms with Gasteiger partial charge in [0.2, 0.25) is 5.82 Å². The van der Waals surface area contributed by atoms with E-state index in [1.807, 2.05) is 4.90 Å². The maximum absolute atomic E-state index is 13.1. The highest BCUT2D eigenvalue weighted by molar-refractivity contribution is 5.79. The third-order valence-corrected chi connectivity index (χ3v) is 6.63. The molecule has 40 heavy (non-hydrogen) atoms. The van der Waals surface area contributed by atoms with Gasteiger partial charge >= 0.3 is 6.18 Å². The Hall–Kier alpha value is -4.78. The van der Waals surface area contributed by atoms with Gasteiger partial charge < -0.3 is 14.5 Å². The topological polar surface area (TPSA) is 126 Å². The van der Waals surface area contributed by atoms with Crippen molar-refractivity contribution in [2.75, 3.05) is 31.1 Å². The van der Waals surface area contributed by atoms with Gasteiger partial charge in [0.15, 0.2) is 6.29 Å². The molecule has 2 heterocycles. The van der Waals surface area contributed by atoms with Gasteiger partial charge in [-0.3, -0.25) is 19.8 Å². The Bertz CT molecular complexity index is 1560. The molecule has 0 radical (unpaired) electrons. The van der Waals surface area contributed by atoms with Crippen molar-refractivity contribution in [3.8, 4) is 28.6 Å². The molecular formula is C27H22F3N5O5. The standard InChI is InChI=1S/C27H22F3N5O5/c28-27(29,30)21-3-1-2-18(13-21)25-31-26(40-32-25)19-5-6-22(23(14-19)35(38)39)34-10-8-33(9-11-34)15-17-4-7-24(37)20(12-17)16-36/h1-7,12-14,16,37H,8-11,15H2. The van der Waals surface area contributed by atoms with Gasteiger partial charge in [0.1, 0.15) is 11.4 Å². The molecule has 1 fully saturated rings. The van der Waals surface area contributed by atoms with Crippen molar-refractivity contribution < 1.29 is 32.5 Å². The van der Waals surface area contributed by atoms with Crippen LogP contribution in [0, 0.1) is 10.1 Å². The molecule has 0 saturated carbocycles. The summed E-state index contributed by atoms with van der Waals surface area (Å²) in [5.41, 5.74) is 0.840. The number of rotatable bonds is 7. The number of aromatic nitrogens is 2. The fraction of sp³-hybridized carbons (Fsp3) is 0.222. The van der Waals surface area contributed by atoms with E-state index >= 15 is 0 Å². The summed E-state index contributed by atoms with van der Waals surface area (Å²) in [6, 6.07) is 13.8. The number of halogens is 3. The van der Waals surface area contributed by atoms with E-state index in [4.69, 9.17) is 4.52 Å². The number of nitro benzene ring substituents is 1. The zero-order chi connectivity index (χ0) is 28.4. The smallest absolute Gasteiger partial charge is 0.416 e. The highest BCUT2D eigenvalue weighted by atomic mass is 19.4. The van der Waals surface area contributed by atoms with Crippen molar-refractivity contribution in [2.24, 2.45) is 0 Å². The number of aldehydes is 1. The molecule has 1 saturated heterocycles. The molecule has 0 bridgehead atoms. The summed E-state index contributed by atoms with van der Waals surface area (Å²) in [6.45, 7) is 2.81. The van der Waals surface area contributed by atoms with E-state index in [9.17, 15) is 33.2 Å². The maximum Gasteiger partial charge on any atom is 0.416 e. The lowest BCUT2D eigenvalue weighted by molar-refractivity contribution is -0.384. The van der Waals surface area contributed by atoms with E-state index in [0.29, 0.717) is 44.7 Å². The van der Waals surface area contributed by atoms with Crippen LogP contribution in [-0.2, 0) is 12.7 Å². The molecule has 0 aliphatic carbocycles. The van der Waals surface area contributed by atoms with Crippen molar-refractivity contribution in [3.05, 3.63) is 87.5 Å². The lowest BCUT2D eigenvalue weighted by Gasteiger charge is -2.35. The van der Waals surface area contributed by atoms with Gasteiger partial charge in [-0.25, -0.2) is 0 Å². The second-order valence-corrected chi connectivity index (χ2v) is 9.24. The first-order valence-electron chi connectivity index (χ1n) is 12.2. The largest absolute Gasteiger partial charge is 0.507 e. The van der Waals surface area contributed by atoms with Crippen LogP contribution in [0.4, 0.5) is 24.5 Å². The molecule has 5 rings (SSSR count). The quantitative estimate of drug-likeness (QED) is 0.187. The minimum atomic E-state index is -4.53. The van der Waals surface area contributed by atoms with Crippen LogP contribution < -0.4 is 4.90 Å². The van der Waals surface area contributed by atoms with Gasteiger partial charge in [0, 0.05) is 49.9 Å².